The van der Waals surface area contributed by atoms with Crippen molar-refractivity contribution in [3.8, 4) is 11.1 Å². The van der Waals surface area contributed by atoms with Crippen LogP contribution in [0.2, 0.25) is 0 Å². The van der Waals surface area contributed by atoms with Gasteiger partial charge in [-0.1, -0.05) is 67.9 Å². The normalized spacial score (nSPS) is 10.6. The zero-order valence-electron chi connectivity index (χ0n) is 25.1. The van der Waals surface area contributed by atoms with Gasteiger partial charge in [-0.15, -0.1) is 0 Å². The van der Waals surface area contributed by atoms with Crippen LogP contribution in [0.3, 0.4) is 0 Å². The quantitative estimate of drug-likeness (QED) is 0.164. The second-order valence-corrected chi connectivity index (χ2v) is 10.5. The monoisotopic (exact) mass is 594 g/mol. The smallest absolute Gasteiger partial charge is 0.412 e. The number of nitrogens with zero attached hydrogens (tertiary/aromatic N) is 3. The van der Waals surface area contributed by atoms with E-state index in [1.807, 2.05) is 79.8 Å². The summed E-state index contributed by atoms with van der Waals surface area (Å²) in [5.41, 5.74) is 5.38. The van der Waals surface area contributed by atoms with Gasteiger partial charge in [0.1, 0.15) is 6.61 Å². The molecule has 0 saturated heterocycles. The van der Waals surface area contributed by atoms with Crippen LogP contribution in [-0.4, -0.2) is 53.1 Å². The number of aliphatic carboxylic acids is 1. The molecule has 0 atom stereocenters. The maximum absolute atomic E-state index is 13.2. The first kappa shape index (κ1) is 31.7. The number of aromatic nitrogens is 1. The van der Waals surface area contributed by atoms with Gasteiger partial charge in [0.25, 0.3) is 5.91 Å². The molecule has 0 saturated carbocycles. The number of carbonyl (C=O) groups is 3. The van der Waals surface area contributed by atoms with Crippen LogP contribution in [0.1, 0.15) is 47.7 Å². The summed E-state index contributed by atoms with van der Waals surface area (Å²) in [5, 5.41) is 12.2. The first-order valence-electron chi connectivity index (χ1n) is 14.7. The topological polar surface area (TPSA) is 112 Å². The highest BCUT2D eigenvalue weighted by molar-refractivity contribution is 5.94. The highest BCUT2D eigenvalue weighted by Crippen LogP contribution is 2.32. The molecule has 0 spiro atoms. The minimum absolute atomic E-state index is 0.0608. The Kier molecular flexibility index (Phi) is 11.5. The van der Waals surface area contributed by atoms with E-state index in [0.29, 0.717) is 11.3 Å². The number of benzene rings is 3. The molecule has 0 unspecified atom stereocenters. The van der Waals surface area contributed by atoms with Crippen molar-refractivity contribution in [1.82, 2.24) is 9.88 Å². The van der Waals surface area contributed by atoms with Crippen molar-refractivity contribution in [2.75, 3.05) is 30.4 Å². The summed E-state index contributed by atoms with van der Waals surface area (Å²) in [5.74, 6) is -1.27. The number of carboxylic acid groups (broad SMARTS) is 1. The molecule has 1 aromatic heterocycles. The third kappa shape index (κ3) is 9.16. The molecule has 4 aromatic rings. The number of nitrogens with one attached hydrogen (secondary N) is 1. The van der Waals surface area contributed by atoms with Gasteiger partial charge in [-0.05, 0) is 59.0 Å². The van der Waals surface area contributed by atoms with Gasteiger partial charge in [0.05, 0.1) is 23.4 Å². The van der Waals surface area contributed by atoms with Crippen molar-refractivity contribution in [2.24, 2.45) is 0 Å². The number of ether oxygens (including phenoxy) is 1. The van der Waals surface area contributed by atoms with Gasteiger partial charge in [0.2, 0.25) is 0 Å². The maximum atomic E-state index is 13.2. The van der Waals surface area contributed by atoms with Crippen molar-refractivity contribution in [2.45, 2.75) is 39.3 Å². The highest BCUT2D eigenvalue weighted by atomic mass is 16.5. The number of unbranched alkanes of at least 4 members (excludes halogenated alkanes) is 1. The van der Waals surface area contributed by atoms with Gasteiger partial charge in [-0.3, -0.25) is 19.9 Å². The first-order valence-corrected chi connectivity index (χ1v) is 14.7. The van der Waals surface area contributed by atoms with Crippen LogP contribution in [0.4, 0.5) is 16.2 Å². The number of hydrogen-bond donors (Lipinski definition) is 2. The zero-order chi connectivity index (χ0) is 31.3. The Hall–Kier alpha value is -5.18. The Balaban J connectivity index is 1.58. The maximum Gasteiger partial charge on any atom is 0.412 e. The molecule has 4 rings (SSSR count). The lowest BCUT2D eigenvalue weighted by atomic mass is 10.0. The standard InChI is InChI=1S/C35H38N4O5/c1-3-4-19-38(2)32-16-15-29(22-31(32)37-35(43)44-25-26-10-6-5-7-11-26)28-13-8-12-27(21-28)24-39(20-17-33(40)41)34(42)30-14-9-18-36-23-30/h5-16,18,21-23H,3-4,17,19-20,24-25H2,1-2H3,(H,37,43)(H,40,41). The van der Waals surface area contributed by atoms with Crippen LogP contribution in [0.5, 0.6) is 0 Å². The molecule has 0 fully saturated rings. The fourth-order valence-electron chi connectivity index (χ4n) is 4.76. The molecule has 0 aliphatic heterocycles. The fraction of sp³-hybridized carbons (Fsp3) is 0.257. The van der Waals surface area contributed by atoms with Crippen LogP contribution in [0.25, 0.3) is 11.1 Å². The van der Waals surface area contributed by atoms with Crippen molar-refractivity contribution in [3.05, 3.63) is 114 Å². The fourth-order valence-corrected chi connectivity index (χ4v) is 4.76. The van der Waals surface area contributed by atoms with Crippen molar-refractivity contribution < 1.29 is 24.2 Å². The van der Waals surface area contributed by atoms with Crippen LogP contribution in [0.15, 0.2) is 97.3 Å². The van der Waals surface area contributed by atoms with E-state index in [9.17, 15) is 19.5 Å². The Morgan fingerprint density at radius 3 is 2.39 bits per heavy atom. The Morgan fingerprint density at radius 2 is 1.66 bits per heavy atom. The molecule has 44 heavy (non-hydrogen) atoms. The molecule has 228 valence electrons. The van der Waals surface area contributed by atoms with E-state index >= 15 is 0 Å². The van der Waals surface area contributed by atoms with Crippen molar-refractivity contribution >= 4 is 29.3 Å². The average molecular weight is 595 g/mol. The van der Waals surface area contributed by atoms with Gasteiger partial charge in [-0.25, -0.2) is 4.79 Å². The van der Waals surface area contributed by atoms with E-state index in [4.69, 9.17) is 4.74 Å². The number of hydrogen-bond acceptors (Lipinski definition) is 6. The summed E-state index contributed by atoms with van der Waals surface area (Å²) >= 11 is 0. The van der Waals surface area contributed by atoms with E-state index in [0.717, 1.165) is 47.3 Å². The van der Waals surface area contributed by atoms with Crippen LogP contribution in [-0.2, 0) is 22.7 Å². The molecule has 9 heteroatoms. The molecular formula is C35H38N4O5. The lowest BCUT2D eigenvalue weighted by molar-refractivity contribution is -0.137. The number of carboxylic acids is 1. The predicted octanol–water partition coefficient (Wildman–Crippen LogP) is 6.85. The molecule has 2 amide bonds. The summed E-state index contributed by atoms with van der Waals surface area (Å²) in [6.45, 7) is 3.41. The van der Waals surface area contributed by atoms with Crippen LogP contribution >= 0.6 is 0 Å². The van der Waals surface area contributed by atoms with Gasteiger partial charge < -0.3 is 19.6 Å². The summed E-state index contributed by atoms with van der Waals surface area (Å²) in [6, 6.07) is 26.5. The van der Waals surface area contributed by atoms with Crippen LogP contribution < -0.4 is 10.2 Å². The molecular weight excluding hydrogens is 556 g/mol. The molecule has 0 aliphatic rings. The van der Waals surface area contributed by atoms with E-state index in [2.05, 4.69) is 22.1 Å². The molecule has 0 radical (unpaired) electrons. The van der Waals surface area contributed by atoms with Gasteiger partial charge >= 0.3 is 12.1 Å². The highest BCUT2D eigenvalue weighted by Gasteiger charge is 2.18. The minimum atomic E-state index is -0.978. The lowest BCUT2D eigenvalue weighted by Gasteiger charge is -2.24. The Morgan fingerprint density at radius 1 is 0.886 bits per heavy atom. The number of rotatable bonds is 14. The molecule has 3 aromatic carbocycles. The Bertz CT molecular complexity index is 1550. The van der Waals surface area contributed by atoms with Gasteiger partial charge in [0, 0.05) is 39.1 Å². The third-order valence-corrected chi connectivity index (χ3v) is 7.13. The molecule has 1 heterocycles. The second kappa shape index (κ2) is 15.9. The summed E-state index contributed by atoms with van der Waals surface area (Å²) in [6.07, 6.45) is 4.39. The number of carbonyl (C=O) groups excluding carboxylic acids is 2. The van der Waals surface area contributed by atoms with Crippen molar-refractivity contribution in [3.63, 3.8) is 0 Å². The predicted molar refractivity (Wildman–Crippen MR) is 172 cm³/mol. The molecule has 0 aliphatic carbocycles. The average Bonchev–Trinajstić information content (AvgIpc) is 3.05. The lowest BCUT2D eigenvalue weighted by Crippen LogP contribution is -2.32. The molecule has 2 N–H and O–H groups in total. The largest absolute Gasteiger partial charge is 0.481 e. The summed E-state index contributed by atoms with van der Waals surface area (Å²) in [4.78, 5) is 45.1. The molecule has 9 nitrogen and oxygen atoms in total. The number of amides is 2. The SMILES string of the molecule is CCCCN(C)c1ccc(-c2cccc(CN(CCC(=O)O)C(=O)c3cccnc3)c2)cc1NC(=O)OCc1ccccc1. The van der Waals surface area contributed by atoms with Crippen molar-refractivity contribution in [1.29, 1.82) is 0 Å². The third-order valence-electron chi connectivity index (χ3n) is 7.13. The van der Waals surface area contributed by atoms with E-state index < -0.39 is 12.1 Å². The van der Waals surface area contributed by atoms with Crippen LogP contribution in [0, 0.1) is 0 Å². The number of pyridine rings is 1. The van der Waals surface area contributed by atoms with E-state index in [1.165, 1.54) is 11.1 Å². The summed E-state index contributed by atoms with van der Waals surface area (Å²) < 4.78 is 5.50. The van der Waals surface area contributed by atoms with Gasteiger partial charge in [0.15, 0.2) is 0 Å². The minimum Gasteiger partial charge on any atom is -0.481 e. The zero-order valence-corrected chi connectivity index (χ0v) is 25.1. The number of anilines is 2. The second-order valence-electron chi connectivity index (χ2n) is 10.5. The van der Waals surface area contributed by atoms with E-state index in [-0.39, 0.29) is 32.0 Å². The van der Waals surface area contributed by atoms with Gasteiger partial charge in [-0.2, -0.15) is 0 Å². The molecule has 0 bridgehead atoms. The first-order chi connectivity index (χ1) is 21.3. The van der Waals surface area contributed by atoms with E-state index in [1.54, 1.807) is 18.3 Å². The Labute approximate surface area is 258 Å². The summed E-state index contributed by atoms with van der Waals surface area (Å²) in [7, 11) is 2.00.